The normalized spacial score (nSPS) is 26.0. The van der Waals surface area contributed by atoms with Gasteiger partial charge in [0, 0.05) is 51.4 Å². The molecule has 3 amide bonds. The van der Waals surface area contributed by atoms with Crippen molar-refractivity contribution in [2.75, 3.05) is 59.1 Å². The number of amides is 3. The Morgan fingerprint density at radius 3 is 2.56 bits per heavy atom. The molecular weight excluding hydrogens is 553 g/mol. The number of rotatable bonds is 3. The molecule has 43 heavy (non-hydrogen) atoms. The van der Waals surface area contributed by atoms with Crippen molar-refractivity contribution in [3.63, 3.8) is 0 Å². The van der Waals surface area contributed by atoms with Crippen molar-refractivity contribution in [1.82, 2.24) is 25.0 Å². The summed E-state index contributed by atoms with van der Waals surface area (Å²) in [5.41, 5.74) is 0.307. The van der Waals surface area contributed by atoms with Crippen LogP contribution in [0.15, 0.2) is 42.5 Å². The average molecular weight is 594 g/mol. The summed E-state index contributed by atoms with van der Waals surface area (Å²) in [6, 6.07) is 10.7. The molecule has 11 heteroatoms. The van der Waals surface area contributed by atoms with E-state index in [0.29, 0.717) is 50.9 Å². The van der Waals surface area contributed by atoms with E-state index in [9.17, 15) is 18.8 Å². The van der Waals surface area contributed by atoms with Gasteiger partial charge in [0.2, 0.25) is 11.8 Å². The molecule has 2 aromatic rings. The number of carbonyl (C=O) groups is 3. The van der Waals surface area contributed by atoms with Gasteiger partial charge in [-0.1, -0.05) is 18.2 Å². The first-order valence-electron chi connectivity index (χ1n) is 15.5. The first-order chi connectivity index (χ1) is 20.9. The van der Waals surface area contributed by atoms with Crippen LogP contribution in [0.1, 0.15) is 53.0 Å². The zero-order chi connectivity index (χ0) is 29.8. The monoisotopic (exact) mass is 593 g/mol. The van der Waals surface area contributed by atoms with Gasteiger partial charge in [-0.25, -0.2) is 9.37 Å². The third-order valence-corrected chi connectivity index (χ3v) is 8.95. The fourth-order valence-corrected chi connectivity index (χ4v) is 6.40. The number of ether oxygens (including phenoxy) is 2. The second-order valence-electron chi connectivity index (χ2n) is 12.1. The predicted molar refractivity (Wildman–Crippen MR) is 156 cm³/mol. The Balaban J connectivity index is 1.19. The second kappa shape index (κ2) is 13.4. The standard InChI is InChI=1S/C32H40FN5O5/c33-26-5-2-1-4-25(26)31(40)37-14-15-42-16-17-43-29-7-3-6-27(35-29)30(39)34-24-18-28(38(21-24)20-22-8-9-22)32(41)36-12-10-23(19-37)11-13-36/h1-7,22-24,28H,8-21H2,(H,34,39)/t24-,28+/m1/s1. The molecule has 6 bridgehead atoms. The number of hydrogen-bond donors (Lipinski definition) is 1. The summed E-state index contributed by atoms with van der Waals surface area (Å²) in [5.74, 6) is 0.0519. The molecule has 5 aliphatic rings. The van der Waals surface area contributed by atoms with E-state index in [0.717, 1.165) is 19.4 Å². The highest BCUT2D eigenvalue weighted by Gasteiger charge is 2.42. The Hall–Kier alpha value is -3.57. The molecule has 0 radical (unpaired) electrons. The number of carbonyl (C=O) groups excluding carboxylic acids is 3. The minimum absolute atomic E-state index is 0.0459. The van der Waals surface area contributed by atoms with Crippen molar-refractivity contribution in [1.29, 1.82) is 0 Å². The third-order valence-electron chi connectivity index (χ3n) is 8.95. The van der Waals surface area contributed by atoms with Crippen molar-refractivity contribution in [3.8, 4) is 5.88 Å². The molecular formula is C32H40FN5O5. The van der Waals surface area contributed by atoms with Crippen LogP contribution in [0.3, 0.4) is 0 Å². The largest absolute Gasteiger partial charge is 0.475 e. The molecule has 0 unspecified atom stereocenters. The lowest BCUT2D eigenvalue weighted by Gasteiger charge is -2.37. The summed E-state index contributed by atoms with van der Waals surface area (Å²) in [7, 11) is 0. The van der Waals surface area contributed by atoms with Gasteiger partial charge in [-0.3, -0.25) is 19.3 Å². The fraction of sp³-hybridized carbons (Fsp3) is 0.562. The van der Waals surface area contributed by atoms with Gasteiger partial charge in [0.1, 0.15) is 18.1 Å². The maximum absolute atomic E-state index is 14.5. The average Bonchev–Trinajstić information content (AvgIpc) is 3.75. The predicted octanol–water partition coefficient (Wildman–Crippen LogP) is 2.59. The second-order valence-corrected chi connectivity index (χ2v) is 12.1. The first kappa shape index (κ1) is 29.5. The van der Waals surface area contributed by atoms with Crippen molar-refractivity contribution >= 4 is 17.7 Å². The van der Waals surface area contributed by atoms with Crippen molar-refractivity contribution in [2.24, 2.45) is 11.8 Å². The van der Waals surface area contributed by atoms with Crippen molar-refractivity contribution in [2.45, 2.75) is 44.2 Å². The van der Waals surface area contributed by atoms with Gasteiger partial charge in [-0.05, 0) is 62.1 Å². The molecule has 0 spiro atoms. The molecule has 3 fully saturated rings. The highest BCUT2D eigenvalue weighted by Crippen LogP contribution is 2.33. The number of piperidine rings is 1. The highest BCUT2D eigenvalue weighted by atomic mass is 19.1. The van der Waals surface area contributed by atoms with E-state index in [4.69, 9.17) is 9.47 Å². The van der Waals surface area contributed by atoms with E-state index in [1.807, 2.05) is 4.90 Å². The van der Waals surface area contributed by atoms with Crippen LogP contribution >= 0.6 is 0 Å². The van der Waals surface area contributed by atoms with Gasteiger partial charge in [0.25, 0.3) is 11.8 Å². The zero-order valence-corrected chi connectivity index (χ0v) is 24.5. The first-order valence-corrected chi connectivity index (χ1v) is 15.5. The fourth-order valence-electron chi connectivity index (χ4n) is 6.40. The SMILES string of the molecule is O=C1N[C@@H]2C[C@@H](C(=O)N3CCC(CC3)CN(C(=O)c3ccccc3F)CCOCCOc3cccc1n3)N(CC1CC1)C2. The molecule has 10 nitrogen and oxygen atoms in total. The molecule has 230 valence electrons. The van der Waals surface area contributed by atoms with Crippen LogP contribution in [-0.2, 0) is 9.53 Å². The molecule has 1 N–H and O–H groups in total. The summed E-state index contributed by atoms with van der Waals surface area (Å²) in [4.78, 5) is 50.6. The summed E-state index contributed by atoms with van der Waals surface area (Å²) < 4.78 is 26.0. The van der Waals surface area contributed by atoms with E-state index in [1.165, 1.54) is 25.0 Å². The number of benzene rings is 1. The number of aromatic nitrogens is 1. The molecule has 7 rings (SSSR count). The van der Waals surface area contributed by atoms with Crippen molar-refractivity contribution in [3.05, 3.63) is 59.5 Å². The van der Waals surface area contributed by atoms with Gasteiger partial charge >= 0.3 is 0 Å². The lowest BCUT2D eigenvalue weighted by Crippen LogP contribution is -2.50. The van der Waals surface area contributed by atoms with Gasteiger partial charge in [0.15, 0.2) is 0 Å². The van der Waals surface area contributed by atoms with Gasteiger partial charge in [0.05, 0.1) is 24.8 Å². The lowest BCUT2D eigenvalue weighted by molar-refractivity contribution is -0.137. The number of nitrogens with one attached hydrogen (secondary N) is 1. The summed E-state index contributed by atoms with van der Waals surface area (Å²) in [6.07, 6.45) is 4.46. The van der Waals surface area contributed by atoms with E-state index >= 15 is 0 Å². The molecule has 2 saturated heterocycles. The molecule has 1 saturated carbocycles. The number of hydrogen-bond acceptors (Lipinski definition) is 7. The van der Waals surface area contributed by atoms with Crippen LogP contribution in [0, 0.1) is 17.7 Å². The van der Waals surface area contributed by atoms with E-state index in [1.54, 1.807) is 35.2 Å². The number of pyridine rings is 1. The molecule has 1 aromatic carbocycles. The Bertz CT molecular complexity index is 1310. The van der Waals surface area contributed by atoms with Crippen LogP contribution in [-0.4, -0.2) is 109 Å². The Labute approximate surface area is 251 Å². The highest BCUT2D eigenvalue weighted by molar-refractivity contribution is 5.94. The van der Waals surface area contributed by atoms with E-state index in [-0.39, 0.29) is 66.8 Å². The number of likely N-dealkylation sites (tertiary alicyclic amines) is 1. The van der Waals surface area contributed by atoms with Gasteiger partial charge in [-0.15, -0.1) is 0 Å². The molecule has 1 aliphatic carbocycles. The number of fused-ring (bicyclic) bond motifs is 10. The number of nitrogens with zero attached hydrogens (tertiary/aromatic N) is 4. The van der Waals surface area contributed by atoms with E-state index < -0.39 is 5.82 Å². The van der Waals surface area contributed by atoms with Gasteiger partial charge < -0.3 is 24.6 Å². The smallest absolute Gasteiger partial charge is 0.270 e. The Morgan fingerprint density at radius 2 is 1.77 bits per heavy atom. The zero-order valence-electron chi connectivity index (χ0n) is 24.5. The van der Waals surface area contributed by atoms with Crippen LogP contribution < -0.4 is 10.1 Å². The number of halogens is 1. The minimum atomic E-state index is -0.544. The third kappa shape index (κ3) is 7.33. The lowest BCUT2D eigenvalue weighted by atomic mass is 9.95. The van der Waals surface area contributed by atoms with Crippen molar-refractivity contribution < 1.29 is 28.2 Å². The van der Waals surface area contributed by atoms with E-state index in [2.05, 4.69) is 15.2 Å². The Kier molecular flexibility index (Phi) is 9.18. The quantitative estimate of drug-likeness (QED) is 0.546. The molecule has 4 aliphatic heterocycles. The summed E-state index contributed by atoms with van der Waals surface area (Å²) in [6.45, 7) is 4.25. The topological polar surface area (TPSA) is 104 Å². The maximum Gasteiger partial charge on any atom is 0.270 e. The van der Waals surface area contributed by atoms with Crippen LogP contribution in [0.5, 0.6) is 5.88 Å². The maximum atomic E-state index is 14.5. The van der Waals surface area contributed by atoms with Gasteiger partial charge in [-0.2, -0.15) is 0 Å². The Morgan fingerprint density at radius 1 is 0.953 bits per heavy atom. The molecule has 1 aromatic heterocycles. The molecule has 5 heterocycles. The van der Waals surface area contributed by atoms with Crippen LogP contribution in [0.2, 0.25) is 0 Å². The minimum Gasteiger partial charge on any atom is -0.475 e. The molecule has 2 atom stereocenters. The van der Waals surface area contributed by atoms with Crippen LogP contribution in [0.4, 0.5) is 4.39 Å². The van der Waals surface area contributed by atoms with Crippen LogP contribution in [0.25, 0.3) is 0 Å². The summed E-state index contributed by atoms with van der Waals surface area (Å²) >= 11 is 0. The summed E-state index contributed by atoms with van der Waals surface area (Å²) in [5, 5.41) is 3.11.